The standard InChI is InChI=1S/C18H21N3O3/c1-23-16-2-4-17(5-3-16)24-14-18(22)21-12-10-20(11-13-21)15-6-8-19-9-7-15/h2-9H,10-14H2,1H3/p+1. The number of hydrogen-bond donors (Lipinski definition) is 0. The molecule has 1 aromatic carbocycles. The first kappa shape index (κ1) is 16.1. The average molecular weight is 328 g/mol. The molecular formula is C18H22N3O3+. The van der Waals surface area contributed by atoms with Crippen LogP contribution in [-0.4, -0.2) is 50.7 Å². The summed E-state index contributed by atoms with van der Waals surface area (Å²) < 4.78 is 10.7. The summed E-state index contributed by atoms with van der Waals surface area (Å²) in [6, 6.07) is 11.3. The maximum absolute atomic E-state index is 12.3. The van der Waals surface area contributed by atoms with Crippen molar-refractivity contribution in [2.75, 3.05) is 44.8 Å². The molecule has 0 unspecified atom stereocenters. The van der Waals surface area contributed by atoms with Crippen LogP contribution in [0.3, 0.4) is 0 Å². The van der Waals surface area contributed by atoms with Crippen LogP contribution in [0, 0.1) is 0 Å². The maximum atomic E-state index is 12.3. The summed E-state index contributed by atoms with van der Waals surface area (Å²) in [4.78, 5) is 19.4. The molecule has 1 aromatic heterocycles. The summed E-state index contributed by atoms with van der Waals surface area (Å²) in [5, 5.41) is 0. The molecular weight excluding hydrogens is 306 g/mol. The number of H-pyrrole nitrogens is 1. The zero-order chi connectivity index (χ0) is 16.8. The van der Waals surface area contributed by atoms with Crippen molar-refractivity contribution in [3.05, 3.63) is 48.8 Å². The molecule has 24 heavy (non-hydrogen) atoms. The first-order chi connectivity index (χ1) is 11.8. The number of rotatable bonds is 5. The highest BCUT2D eigenvalue weighted by Gasteiger charge is 2.21. The summed E-state index contributed by atoms with van der Waals surface area (Å²) >= 11 is 0. The van der Waals surface area contributed by atoms with E-state index in [1.807, 2.05) is 41.6 Å². The van der Waals surface area contributed by atoms with Crippen LogP contribution in [0.25, 0.3) is 0 Å². The Bertz CT molecular complexity index is 653. The highest BCUT2D eigenvalue weighted by Crippen LogP contribution is 2.17. The van der Waals surface area contributed by atoms with Crippen LogP contribution in [0.2, 0.25) is 0 Å². The third-order valence-electron chi connectivity index (χ3n) is 4.12. The lowest BCUT2D eigenvalue weighted by Crippen LogP contribution is -2.50. The summed E-state index contributed by atoms with van der Waals surface area (Å²) in [6.45, 7) is 3.15. The Morgan fingerprint density at radius 3 is 2.25 bits per heavy atom. The van der Waals surface area contributed by atoms with Crippen LogP contribution in [0.4, 0.5) is 5.69 Å². The van der Waals surface area contributed by atoms with E-state index in [-0.39, 0.29) is 12.5 Å². The summed E-state index contributed by atoms with van der Waals surface area (Å²) in [6.07, 6.45) is 3.82. The first-order valence-corrected chi connectivity index (χ1v) is 8.02. The molecule has 6 heteroatoms. The summed E-state index contributed by atoms with van der Waals surface area (Å²) in [7, 11) is 1.62. The molecule has 1 saturated heterocycles. The molecule has 0 atom stereocenters. The lowest BCUT2D eigenvalue weighted by Gasteiger charge is -2.35. The van der Waals surface area contributed by atoms with Gasteiger partial charge in [-0.25, -0.2) is 4.98 Å². The van der Waals surface area contributed by atoms with Crippen LogP contribution in [0.15, 0.2) is 48.8 Å². The molecule has 1 aliphatic rings. The number of hydrogen-bond acceptors (Lipinski definition) is 4. The molecule has 0 saturated carbocycles. The second kappa shape index (κ2) is 7.68. The number of carbonyl (C=O) groups excluding carboxylic acids is 1. The molecule has 1 fully saturated rings. The number of benzene rings is 1. The van der Waals surface area contributed by atoms with Gasteiger partial charge in [0, 0.05) is 44.0 Å². The molecule has 3 rings (SSSR count). The topological polar surface area (TPSA) is 56.2 Å². The number of ether oxygens (including phenoxy) is 2. The van der Waals surface area contributed by atoms with Gasteiger partial charge in [-0.2, -0.15) is 0 Å². The van der Waals surface area contributed by atoms with Gasteiger partial charge in [-0.3, -0.25) is 4.79 Å². The number of pyridine rings is 1. The average Bonchev–Trinajstić information content (AvgIpc) is 2.67. The number of carbonyl (C=O) groups is 1. The molecule has 1 aliphatic heterocycles. The van der Waals surface area contributed by atoms with Gasteiger partial charge in [0.25, 0.3) is 5.91 Å². The number of piperazine rings is 1. The SMILES string of the molecule is COc1ccc(OCC(=O)N2CCN(c3cc[nH+]cc3)CC2)cc1. The predicted molar refractivity (Wildman–Crippen MR) is 90.3 cm³/mol. The number of amides is 1. The van der Waals surface area contributed by atoms with E-state index in [2.05, 4.69) is 9.88 Å². The number of nitrogens with one attached hydrogen (secondary N) is 1. The van der Waals surface area contributed by atoms with Crippen molar-refractivity contribution in [1.82, 2.24) is 4.90 Å². The van der Waals surface area contributed by atoms with Gasteiger partial charge in [0.05, 0.1) is 7.11 Å². The van der Waals surface area contributed by atoms with Gasteiger partial charge in [0.15, 0.2) is 19.0 Å². The highest BCUT2D eigenvalue weighted by atomic mass is 16.5. The van der Waals surface area contributed by atoms with E-state index in [1.54, 1.807) is 19.2 Å². The minimum atomic E-state index is 0.0202. The number of anilines is 1. The Morgan fingerprint density at radius 1 is 1.00 bits per heavy atom. The van der Waals surface area contributed by atoms with Crippen LogP contribution in [0.5, 0.6) is 11.5 Å². The van der Waals surface area contributed by atoms with E-state index < -0.39 is 0 Å². The largest absolute Gasteiger partial charge is 0.497 e. The minimum absolute atomic E-state index is 0.0202. The van der Waals surface area contributed by atoms with Crippen molar-refractivity contribution in [1.29, 1.82) is 0 Å². The van der Waals surface area contributed by atoms with E-state index in [9.17, 15) is 4.79 Å². The normalized spacial score (nSPS) is 14.4. The zero-order valence-corrected chi connectivity index (χ0v) is 13.8. The van der Waals surface area contributed by atoms with Gasteiger partial charge in [0.1, 0.15) is 11.5 Å². The van der Waals surface area contributed by atoms with Crippen molar-refractivity contribution in [2.45, 2.75) is 0 Å². The smallest absolute Gasteiger partial charge is 0.260 e. The quantitative estimate of drug-likeness (QED) is 0.829. The Morgan fingerprint density at radius 2 is 1.62 bits per heavy atom. The monoisotopic (exact) mass is 328 g/mol. The molecule has 0 spiro atoms. The van der Waals surface area contributed by atoms with E-state index in [0.717, 1.165) is 18.8 Å². The van der Waals surface area contributed by atoms with Crippen LogP contribution in [-0.2, 0) is 4.79 Å². The molecule has 0 bridgehead atoms. The van der Waals surface area contributed by atoms with Crippen molar-refractivity contribution < 1.29 is 19.3 Å². The summed E-state index contributed by atoms with van der Waals surface area (Å²) in [5.74, 6) is 1.46. The Labute approximate surface area is 141 Å². The number of methoxy groups -OCH3 is 1. The fourth-order valence-electron chi connectivity index (χ4n) is 2.71. The third-order valence-corrected chi connectivity index (χ3v) is 4.12. The van der Waals surface area contributed by atoms with Gasteiger partial charge in [-0.15, -0.1) is 0 Å². The molecule has 0 aliphatic carbocycles. The van der Waals surface area contributed by atoms with Gasteiger partial charge in [0.2, 0.25) is 0 Å². The van der Waals surface area contributed by atoms with Crippen LogP contribution in [0.1, 0.15) is 0 Å². The molecule has 2 aromatic rings. The van der Waals surface area contributed by atoms with E-state index in [4.69, 9.17) is 9.47 Å². The van der Waals surface area contributed by atoms with Gasteiger partial charge < -0.3 is 19.3 Å². The van der Waals surface area contributed by atoms with E-state index in [1.165, 1.54) is 5.69 Å². The van der Waals surface area contributed by atoms with Gasteiger partial charge in [-0.1, -0.05) is 0 Å². The maximum Gasteiger partial charge on any atom is 0.260 e. The first-order valence-electron chi connectivity index (χ1n) is 8.02. The second-order valence-electron chi connectivity index (χ2n) is 5.59. The lowest BCUT2D eigenvalue weighted by atomic mass is 10.2. The van der Waals surface area contributed by atoms with E-state index in [0.29, 0.717) is 18.8 Å². The highest BCUT2D eigenvalue weighted by molar-refractivity contribution is 5.78. The third kappa shape index (κ3) is 3.95. The van der Waals surface area contributed by atoms with Gasteiger partial charge in [-0.05, 0) is 24.3 Å². The van der Waals surface area contributed by atoms with E-state index >= 15 is 0 Å². The fraction of sp³-hybridized carbons (Fsp3) is 0.333. The Kier molecular flexibility index (Phi) is 5.15. The van der Waals surface area contributed by atoms with Crippen LogP contribution >= 0.6 is 0 Å². The number of aromatic amines is 1. The Hall–Kier alpha value is -2.76. The zero-order valence-electron chi connectivity index (χ0n) is 13.8. The minimum Gasteiger partial charge on any atom is -0.497 e. The molecule has 1 N–H and O–H groups in total. The summed E-state index contributed by atoms with van der Waals surface area (Å²) in [5.41, 5.74) is 1.18. The van der Waals surface area contributed by atoms with Crippen molar-refractivity contribution in [3.63, 3.8) is 0 Å². The lowest BCUT2D eigenvalue weighted by molar-refractivity contribution is -0.377. The molecule has 126 valence electrons. The molecule has 1 amide bonds. The number of nitrogens with zero attached hydrogens (tertiary/aromatic N) is 2. The number of aromatic nitrogens is 1. The predicted octanol–water partition coefficient (Wildman–Crippen LogP) is 1.24. The van der Waals surface area contributed by atoms with Crippen molar-refractivity contribution in [2.24, 2.45) is 0 Å². The van der Waals surface area contributed by atoms with Crippen molar-refractivity contribution in [3.8, 4) is 11.5 Å². The van der Waals surface area contributed by atoms with Crippen molar-refractivity contribution >= 4 is 11.6 Å². The fourth-order valence-corrected chi connectivity index (χ4v) is 2.71. The molecule has 2 heterocycles. The second-order valence-corrected chi connectivity index (χ2v) is 5.59. The Balaban J connectivity index is 1.46. The molecule has 6 nitrogen and oxygen atoms in total. The van der Waals surface area contributed by atoms with Gasteiger partial charge >= 0.3 is 0 Å². The van der Waals surface area contributed by atoms with Crippen LogP contribution < -0.4 is 19.4 Å². The molecule has 0 radical (unpaired) electrons.